The standard InChI is InChI=1S/C17H18N4O2/c18-13(17(22)20-23)10-11-16-19-14-8-4-5-9-15(14)21(16)12-6-2-1-3-7-12/h1-9,13,23H,10-11,18H2,(H,20,22). The van der Waals surface area contributed by atoms with E-state index in [4.69, 9.17) is 10.9 Å². The van der Waals surface area contributed by atoms with E-state index in [0.29, 0.717) is 12.8 Å². The topological polar surface area (TPSA) is 93.2 Å². The number of fused-ring (bicyclic) bond motifs is 1. The number of carbonyl (C=O) groups is 1. The van der Waals surface area contributed by atoms with E-state index in [-0.39, 0.29) is 0 Å². The van der Waals surface area contributed by atoms with Gasteiger partial charge in [0, 0.05) is 12.1 Å². The zero-order valence-electron chi connectivity index (χ0n) is 12.5. The summed E-state index contributed by atoms with van der Waals surface area (Å²) >= 11 is 0. The number of para-hydroxylation sites is 3. The summed E-state index contributed by atoms with van der Waals surface area (Å²) in [6, 6.07) is 17.0. The van der Waals surface area contributed by atoms with Crippen LogP contribution in [0.5, 0.6) is 0 Å². The first-order chi connectivity index (χ1) is 11.2. The predicted molar refractivity (Wildman–Crippen MR) is 87.3 cm³/mol. The van der Waals surface area contributed by atoms with Crippen LogP contribution in [0.25, 0.3) is 16.7 Å². The van der Waals surface area contributed by atoms with Gasteiger partial charge in [-0.1, -0.05) is 30.3 Å². The number of nitrogens with two attached hydrogens (primary N) is 1. The predicted octanol–water partition coefficient (Wildman–Crippen LogP) is 1.79. The Hall–Kier alpha value is -2.70. The van der Waals surface area contributed by atoms with E-state index in [0.717, 1.165) is 22.5 Å². The van der Waals surface area contributed by atoms with Gasteiger partial charge in [-0.25, -0.2) is 10.5 Å². The molecule has 3 aromatic rings. The van der Waals surface area contributed by atoms with Crippen LogP contribution in [0.4, 0.5) is 0 Å². The molecule has 1 amide bonds. The number of aromatic nitrogens is 2. The summed E-state index contributed by atoms with van der Waals surface area (Å²) in [6.45, 7) is 0. The molecule has 3 rings (SSSR count). The van der Waals surface area contributed by atoms with Gasteiger partial charge in [-0.3, -0.25) is 14.6 Å². The minimum atomic E-state index is -0.774. The van der Waals surface area contributed by atoms with E-state index in [9.17, 15) is 4.79 Å². The lowest BCUT2D eigenvalue weighted by molar-refractivity contribution is -0.130. The summed E-state index contributed by atoms with van der Waals surface area (Å²) in [5.41, 5.74) is 10.2. The maximum Gasteiger partial charge on any atom is 0.260 e. The Morgan fingerprint density at radius 2 is 1.87 bits per heavy atom. The van der Waals surface area contributed by atoms with Gasteiger partial charge in [-0.15, -0.1) is 0 Å². The minimum Gasteiger partial charge on any atom is -0.320 e. The monoisotopic (exact) mass is 310 g/mol. The fourth-order valence-electron chi connectivity index (χ4n) is 2.61. The molecule has 0 saturated heterocycles. The normalized spacial score (nSPS) is 12.3. The molecular formula is C17H18N4O2. The Kier molecular flexibility index (Phi) is 4.36. The number of nitrogens with zero attached hydrogens (tertiary/aromatic N) is 2. The number of carbonyl (C=O) groups excluding carboxylic acids is 1. The third-order valence-corrected chi connectivity index (χ3v) is 3.77. The molecule has 0 spiro atoms. The van der Waals surface area contributed by atoms with Crippen molar-refractivity contribution in [1.82, 2.24) is 15.0 Å². The van der Waals surface area contributed by atoms with Crippen molar-refractivity contribution in [3.05, 3.63) is 60.4 Å². The Bertz CT molecular complexity index is 814. The molecule has 2 aromatic carbocycles. The van der Waals surface area contributed by atoms with Gasteiger partial charge in [0.25, 0.3) is 5.91 Å². The van der Waals surface area contributed by atoms with Crippen molar-refractivity contribution < 1.29 is 10.0 Å². The van der Waals surface area contributed by atoms with Gasteiger partial charge in [-0.05, 0) is 30.7 Å². The average molecular weight is 310 g/mol. The SMILES string of the molecule is NC(CCc1nc2ccccc2n1-c1ccccc1)C(=O)NO. The number of hydrogen-bond acceptors (Lipinski definition) is 4. The summed E-state index contributed by atoms with van der Waals surface area (Å²) in [6.07, 6.45) is 0.917. The highest BCUT2D eigenvalue weighted by Crippen LogP contribution is 2.22. The van der Waals surface area contributed by atoms with Crippen LogP contribution in [-0.2, 0) is 11.2 Å². The van der Waals surface area contributed by atoms with Crippen molar-refractivity contribution in [1.29, 1.82) is 0 Å². The number of hydroxylamine groups is 1. The second-order valence-corrected chi connectivity index (χ2v) is 5.31. The molecule has 6 heteroatoms. The van der Waals surface area contributed by atoms with Crippen LogP contribution >= 0.6 is 0 Å². The van der Waals surface area contributed by atoms with Crippen molar-refractivity contribution in [2.45, 2.75) is 18.9 Å². The first-order valence-electron chi connectivity index (χ1n) is 7.42. The van der Waals surface area contributed by atoms with Crippen LogP contribution in [0.3, 0.4) is 0 Å². The molecule has 1 heterocycles. The summed E-state index contributed by atoms with van der Waals surface area (Å²) in [5.74, 6) is 0.242. The lowest BCUT2D eigenvalue weighted by Gasteiger charge is -2.11. The lowest BCUT2D eigenvalue weighted by Crippen LogP contribution is -2.39. The highest BCUT2D eigenvalue weighted by atomic mass is 16.5. The largest absolute Gasteiger partial charge is 0.320 e. The van der Waals surface area contributed by atoms with E-state index in [1.54, 1.807) is 5.48 Å². The smallest absolute Gasteiger partial charge is 0.260 e. The van der Waals surface area contributed by atoms with Gasteiger partial charge in [-0.2, -0.15) is 0 Å². The van der Waals surface area contributed by atoms with Gasteiger partial charge in [0.05, 0.1) is 17.1 Å². The lowest BCUT2D eigenvalue weighted by atomic mass is 10.1. The number of rotatable bonds is 5. The molecule has 0 bridgehead atoms. The quantitative estimate of drug-likeness (QED) is 0.495. The highest BCUT2D eigenvalue weighted by Gasteiger charge is 2.16. The molecule has 0 aliphatic rings. The molecule has 118 valence electrons. The zero-order chi connectivity index (χ0) is 16.2. The molecule has 6 nitrogen and oxygen atoms in total. The Morgan fingerprint density at radius 3 is 2.61 bits per heavy atom. The van der Waals surface area contributed by atoms with Crippen LogP contribution in [-0.4, -0.2) is 26.7 Å². The zero-order valence-corrected chi connectivity index (χ0v) is 12.5. The van der Waals surface area contributed by atoms with Crippen molar-refractivity contribution in [2.75, 3.05) is 0 Å². The summed E-state index contributed by atoms with van der Waals surface area (Å²) in [4.78, 5) is 16.0. The maximum atomic E-state index is 11.3. The van der Waals surface area contributed by atoms with Crippen LogP contribution < -0.4 is 11.2 Å². The summed E-state index contributed by atoms with van der Waals surface area (Å²) < 4.78 is 2.07. The van der Waals surface area contributed by atoms with Gasteiger partial charge >= 0.3 is 0 Å². The first kappa shape index (κ1) is 15.2. The van der Waals surface area contributed by atoms with Crippen molar-refractivity contribution in [3.8, 4) is 5.69 Å². The minimum absolute atomic E-state index is 0.391. The molecule has 1 unspecified atom stereocenters. The molecule has 23 heavy (non-hydrogen) atoms. The molecule has 1 atom stereocenters. The van der Waals surface area contributed by atoms with E-state index < -0.39 is 11.9 Å². The van der Waals surface area contributed by atoms with Crippen LogP contribution in [0.2, 0.25) is 0 Å². The second kappa shape index (κ2) is 6.60. The number of nitrogens with one attached hydrogen (secondary N) is 1. The van der Waals surface area contributed by atoms with Crippen molar-refractivity contribution >= 4 is 16.9 Å². The maximum absolute atomic E-state index is 11.3. The third-order valence-electron chi connectivity index (χ3n) is 3.77. The second-order valence-electron chi connectivity index (χ2n) is 5.31. The fourth-order valence-corrected chi connectivity index (χ4v) is 2.61. The molecule has 0 radical (unpaired) electrons. The van der Waals surface area contributed by atoms with E-state index in [2.05, 4.69) is 9.55 Å². The van der Waals surface area contributed by atoms with Crippen molar-refractivity contribution in [3.63, 3.8) is 0 Å². The Balaban J connectivity index is 1.98. The van der Waals surface area contributed by atoms with Gasteiger partial charge in [0.15, 0.2) is 0 Å². The number of aryl methyl sites for hydroxylation is 1. The Morgan fingerprint density at radius 1 is 1.17 bits per heavy atom. The van der Waals surface area contributed by atoms with Crippen LogP contribution in [0, 0.1) is 0 Å². The fraction of sp³-hybridized carbons (Fsp3) is 0.176. The summed E-state index contributed by atoms with van der Waals surface area (Å²) in [7, 11) is 0. The molecule has 4 N–H and O–H groups in total. The van der Waals surface area contributed by atoms with E-state index >= 15 is 0 Å². The number of amides is 1. The van der Waals surface area contributed by atoms with Gasteiger partial charge < -0.3 is 5.73 Å². The third kappa shape index (κ3) is 3.08. The van der Waals surface area contributed by atoms with Crippen molar-refractivity contribution in [2.24, 2.45) is 5.73 Å². The Labute approximate surface area is 133 Å². The molecule has 0 aliphatic carbocycles. The van der Waals surface area contributed by atoms with Gasteiger partial charge in [0.1, 0.15) is 5.82 Å². The molecular weight excluding hydrogens is 292 g/mol. The molecule has 0 saturated carbocycles. The molecule has 0 fully saturated rings. The highest BCUT2D eigenvalue weighted by molar-refractivity contribution is 5.80. The van der Waals surface area contributed by atoms with Crippen LogP contribution in [0.1, 0.15) is 12.2 Å². The first-order valence-corrected chi connectivity index (χ1v) is 7.42. The van der Waals surface area contributed by atoms with Gasteiger partial charge in [0.2, 0.25) is 0 Å². The van der Waals surface area contributed by atoms with E-state index in [1.165, 1.54) is 0 Å². The number of benzene rings is 2. The number of hydrogen-bond donors (Lipinski definition) is 3. The average Bonchev–Trinajstić information content (AvgIpc) is 2.98. The van der Waals surface area contributed by atoms with Crippen LogP contribution in [0.15, 0.2) is 54.6 Å². The molecule has 0 aliphatic heterocycles. The summed E-state index contributed by atoms with van der Waals surface area (Å²) in [5, 5.41) is 8.65. The molecule has 1 aromatic heterocycles. The van der Waals surface area contributed by atoms with E-state index in [1.807, 2.05) is 54.6 Å². The number of imidazole rings is 1.